The van der Waals surface area contributed by atoms with E-state index in [0.717, 1.165) is 5.57 Å². The minimum Gasteiger partial charge on any atom is -0.469 e. The van der Waals surface area contributed by atoms with Gasteiger partial charge in [0.2, 0.25) is 6.29 Å². The molecule has 0 aromatic carbocycles. The molecule has 0 spiro atoms. The number of carbonyl (C=O) groups is 2. The Hall–Kier alpha value is -2.20. The molecule has 9 rings (SSSR count). The van der Waals surface area contributed by atoms with E-state index < -0.39 is 206 Å². The first kappa shape index (κ1) is 63.3. The fourth-order valence-electron chi connectivity index (χ4n) is 16.8. The predicted molar refractivity (Wildman–Crippen MR) is 271 cm³/mol. The van der Waals surface area contributed by atoms with Crippen molar-refractivity contribution in [3.8, 4) is 0 Å². The second-order valence-corrected chi connectivity index (χ2v) is 26.0. The summed E-state index contributed by atoms with van der Waals surface area (Å²) >= 11 is 0. The zero-order valence-electron chi connectivity index (χ0n) is 46.7. The highest BCUT2D eigenvalue weighted by Crippen LogP contribution is 2.76. The van der Waals surface area contributed by atoms with Gasteiger partial charge in [-0.25, -0.2) is 0 Å². The molecule has 0 radical (unpaired) electrons. The lowest BCUT2D eigenvalue weighted by Crippen LogP contribution is -2.68. The van der Waals surface area contributed by atoms with Crippen LogP contribution in [0.2, 0.25) is 0 Å². The first-order chi connectivity index (χ1) is 38.1. The molecule has 4 saturated heterocycles. The summed E-state index contributed by atoms with van der Waals surface area (Å²) in [6.07, 6.45) is -28.2. The normalized spacial score (nSPS) is 53.7. The van der Waals surface area contributed by atoms with Gasteiger partial charge in [-0.3, -0.25) is 9.59 Å². The van der Waals surface area contributed by atoms with Crippen LogP contribution < -0.4 is 0 Å². The average Bonchev–Trinajstić information content (AvgIpc) is 3.49. The van der Waals surface area contributed by atoms with Crippen LogP contribution in [-0.4, -0.2) is 258 Å². The van der Waals surface area contributed by atoms with Crippen molar-refractivity contribution in [3.63, 3.8) is 0 Å². The quantitative estimate of drug-likeness (QED) is 0.0449. The van der Waals surface area contributed by atoms with Crippen molar-refractivity contribution in [2.24, 2.45) is 50.2 Å². The van der Waals surface area contributed by atoms with Crippen molar-refractivity contribution in [1.82, 2.24) is 0 Å². The van der Waals surface area contributed by atoms with Gasteiger partial charge >= 0.3 is 11.9 Å². The Kier molecular flexibility index (Phi) is 18.4. The van der Waals surface area contributed by atoms with Crippen LogP contribution >= 0.6 is 0 Å². The van der Waals surface area contributed by atoms with E-state index in [4.69, 9.17) is 42.6 Å². The number of hydrogen-bond acceptors (Lipinski definition) is 26. The molecule has 81 heavy (non-hydrogen) atoms. The van der Waals surface area contributed by atoms with E-state index in [1.807, 2.05) is 13.8 Å². The standard InChI is InChI=1S/C55H88O26/c1-50(48(71)73-6)13-15-55(49(72)81-47-39(68)35(64)33(62)26(19-57)75-47)16-14-53(4)23(24(55)17-50)7-8-30-51(2)11-10-31(52(3,22-60)29(51)9-12-54(30,53)5)78-44-40(69)36(65)42(27(20-58)76-44)80-46-41(70)37(66)43(28(21-59)77-46)79-45-38(67)34(63)32(61)25(18-56)74-45/h7,24-47,56-70H,8-22H2,1-6H3/t24-,25+,26-,27+,28+,29+,30+,31-,32+,33-,34-,35+,36+,37+,38+,39-,40+,41+,42+,43+,44-,45-,46-,47-,50-,51-,52-,53+,54+,55-/m0/s1. The van der Waals surface area contributed by atoms with Crippen LogP contribution in [0.4, 0.5) is 0 Å². The third-order valence-electron chi connectivity index (χ3n) is 22.0. The lowest BCUT2D eigenvalue weighted by atomic mass is 9.33. The van der Waals surface area contributed by atoms with E-state index >= 15 is 0 Å². The lowest BCUT2D eigenvalue weighted by molar-refractivity contribution is -0.383. The third-order valence-corrected chi connectivity index (χ3v) is 22.0. The Balaban J connectivity index is 0.907. The van der Waals surface area contributed by atoms with E-state index in [9.17, 15) is 86.2 Å². The highest BCUT2D eigenvalue weighted by Gasteiger charge is 2.71. The van der Waals surface area contributed by atoms with Crippen molar-refractivity contribution in [2.75, 3.05) is 40.1 Å². The summed E-state index contributed by atoms with van der Waals surface area (Å²) < 4.78 is 52.3. The van der Waals surface area contributed by atoms with Gasteiger partial charge in [-0.2, -0.15) is 0 Å². The summed E-state index contributed by atoms with van der Waals surface area (Å²) in [5.41, 5.74) is -3.41. The number of aliphatic hydroxyl groups excluding tert-OH is 15. The molecule has 8 fully saturated rings. The van der Waals surface area contributed by atoms with Gasteiger partial charge < -0.3 is 119 Å². The van der Waals surface area contributed by atoms with Gasteiger partial charge in [0.15, 0.2) is 18.9 Å². The highest BCUT2D eigenvalue weighted by molar-refractivity contribution is 5.81. The van der Waals surface area contributed by atoms with Crippen molar-refractivity contribution in [2.45, 2.75) is 228 Å². The van der Waals surface area contributed by atoms with Crippen molar-refractivity contribution in [3.05, 3.63) is 11.6 Å². The van der Waals surface area contributed by atoms with E-state index in [-0.39, 0.29) is 31.3 Å². The zero-order valence-corrected chi connectivity index (χ0v) is 46.7. The maximum absolute atomic E-state index is 14.9. The maximum atomic E-state index is 14.9. The average molecular weight is 1170 g/mol. The van der Waals surface area contributed by atoms with E-state index in [1.54, 1.807) is 0 Å². The molecule has 4 aliphatic heterocycles. The number of carbonyl (C=O) groups excluding carboxylic acids is 2. The van der Waals surface area contributed by atoms with Crippen LogP contribution in [0, 0.1) is 50.2 Å². The van der Waals surface area contributed by atoms with Gasteiger partial charge in [-0.1, -0.05) is 39.3 Å². The zero-order chi connectivity index (χ0) is 59.3. The Morgan fingerprint density at radius 2 is 1.01 bits per heavy atom. The summed E-state index contributed by atoms with van der Waals surface area (Å²) in [6.45, 7) is 7.03. The molecule has 15 N–H and O–H groups in total. The molecular weight excluding hydrogens is 1080 g/mol. The van der Waals surface area contributed by atoms with Crippen LogP contribution in [-0.2, 0) is 52.2 Å². The molecule has 464 valence electrons. The number of allylic oxidation sites excluding steroid dienone is 2. The number of hydrogen-bond donors (Lipinski definition) is 15. The number of ether oxygens (including phenoxy) is 9. The molecule has 0 unspecified atom stereocenters. The molecule has 0 amide bonds. The molecule has 26 heteroatoms. The van der Waals surface area contributed by atoms with Crippen LogP contribution in [0.15, 0.2) is 11.6 Å². The summed E-state index contributed by atoms with van der Waals surface area (Å²) in [7, 11) is 1.33. The Bertz CT molecular complexity index is 2250. The molecule has 26 nitrogen and oxygen atoms in total. The second kappa shape index (κ2) is 23.5. The summed E-state index contributed by atoms with van der Waals surface area (Å²) in [5.74, 6) is -1.74. The summed E-state index contributed by atoms with van der Waals surface area (Å²) in [5, 5.41) is 161. The maximum Gasteiger partial charge on any atom is 0.315 e. The predicted octanol–water partition coefficient (Wildman–Crippen LogP) is -3.91. The second-order valence-electron chi connectivity index (χ2n) is 26.0. The summed E-state index contributed by atoms with van der Waals surface area (Å²) in [6, 6.07) is 0. The van der Waals surface area contributed by atoms with E-state index in [2.05, 4.69) is 26.8 Å². The summed E-state index contributed by atoms with van der Waals surface area (Å²) in [4.78, 5) is 28.4. The molecule has 0 bridgehead atoms. The minimum atomic E-state index is -2.01. The molecule has 0 aromatic rings. The largest absolute Gasteiger partial charge is 0.469 e. The van der Waals surface area contributed by atoms with Gasteiger partial charge in [0.05, 0.1) is 57.1 Å². The minimum absolute atomic E-state index is 0.0272. The molecule has 30 atom stereocenters. The SMILES string of the molecule is COC(=O)[C@@]1(C)CC[C@]2(C(=O)O[C@@H]3O[C@@H](CO)[C@H](O)[C@@H](O)[C@@H]3O)CC[C@]3(C)C(=CC[C@@H]4[C@@]5(C)CC[C@H](O[C@@H]6O[C@H](CO)[C@@H](O[C@@H]7O[C@H](CO)[C@@H](O[C@@H]8O[C@H](CO)[C@@H](O)[C@H](O)[C@H]8O)[C@H](O)[C@H]7O)[C@H](O)[C@H]6O)[C@@](C)(CO)[C@@H]5CC[C@]43C)[C@@H]2C1. The fourth-order valence-corrected chi connectivity index (χ4v) is 16.8. The topological polar surface area (TPSA) is 421 Å². The van der Waals surface area contributed by atoms with Crippen molar-refractivity contribution < 1.29 is 129 Å². The number of esters is 2. The molecule has 5 aliphatic carbocycles. The first-order valence-corrected chi connectivity index (χ1v) is 28.6. The van der Waals surface area contributed by atoms with Crippen molar-refractivity contribution in [1.29, 1.82) is 0 Å². The van der Waals surface area contributed by atoms with Crippen LogP contribution in [0.1, 0.15) is 98.8 Å². The van der Waals surface area contributed by atoms with Gasteiger partial charge in [0, 0.05) is 5.41 Å². The molecular formula is C55H88O26. The van der Waals surface area contributed by atoms with Gasteiger partial charge in [-0.05, 0) is 105 Å². The molecule has 4 heterocycles. The Labute approximate surface area is 469 Å². The van der Waals surface area contributed by atoms with Crippen molar-refractivity contribution >= 4 is 11.9 Å². The van der Waals surface area contributed by atoms with Crippen LogP contribution in [0.25, 0.3) is 0 Å². The number of methoxy groups -OCH3 is 1. The molecule has 4 saturated carbocycles. The van der Waals surface area contributed by atoms with Crippen LogP contribution in [0.3, 0.4) is 0 Å². The highest BCUT2D eigenvalue weighted by atomic mass is 16.8. The van der Waals surface area contributed by atoms with Gasteiger partial charge in [-0.15, -0.1) is 0 Å². The Morgan fingerprint density at radius 3 is 1.53 bits per heavy atom. The number of rotatable bonds is 14. The third kappa shape index (κ3) is 10.2. The van der Waals surface area contributed by atoms with E-state index in [0.29, 0.717) is 51.4 Å². The number of fused-ring (bicyclic) bond motifs is 7. The Morgan fingerprint density at radius 1 is 0.531 bits per heavy atom. The van der Waals surface area contributed by atoms with Gasteiger partial charge in [0.1, 0.15) is 97.7 Å². The first-order valence-electron chi connectivity index (χ1n) is 28.6. The number of aliphatic hydroxyl groups is 15. The molecule has 9 aliphatic rings. The monoisotopic (exact) mass is 1160 g/mol. The van der Waals surface area contributed by atoms with Gasteiger partial charge in [0.25, 0.3) is 0 Å². The van der Waals surface area contributed by atoms with Crippen LogP contribution in [0.5, 0.6) is 0 Å². The van der Waals surface area contributed by atoms with E-state index in [1.165, 1.54) is 7.11 Å². The lowest BCUT2D eigenvalue weighted by Gasteiger charge is -2.71. The molecule has 0 aromatic heterocycles. The fraction of sp³-hybridized carbons (Fsp3) is 0.927. The smallest absolute Gasteiger partial charge is 0.315 e.